The minimum atomic E-state index is 0.0507. The minimum absolute atomic E-state index is 0.0507. The van der Waals surface area contributed by atoms with Gasteiger partial charge in [0.05, 0.1) is 24.2 Å². The number of nitrogens with one attached hydrogen (secondary N) is 1. The first kappa shape index (κ1) is 22.7. The van der Waals surface area contributed by atoms with Gasteiger partial charge in [0, 0.05) is 17.0 Å². The first-order valence-electron chi connectivity index (χ1n) is 11.0. The Labute approximate surface area is 199 Å². The Morgan fingerprint density at radius 1 is 1.00 bits per heavy atom. The smallest absolute Gasteiger partial charge is 0.137 e. The third-order valence-corrected chi connectivity index (χ3v) is 6.17. The lowest BCUT2D eigenvalue weighted by molar-refractivity contribution is 0.359. The quantitative estimate of drug-likeness (QED) is 0.359. The van der Waals surface area contributed by atoms with Gasteiger partial charge in [-0.1, -0.05) is 66.2 Å². The summed E-state index contributed by atoms with van der Waals surface area (Å²) in [6.07, 6.45) is 4.12. The van der Waals surface area contributed by atoms with Crippen molar-refractivity contribution < 1.29 is 0 Å². The van der Waals surface area contributed by atoms with Gasteiger partial charge in [0.1, 0.15) is 12.7 Å². The predicted octanol–water partition coefficient (Wildman–Crippen LogP) is 5.55. The molecule has 4 aromatic rings. The summed E-state index contributed by atoms with van der Waals surface area (Å²) in [6.45, 7) is 2.87. The van der Waals surface area contributed by atoms with E-state index in [2.05, 4.69) is 70.9 Å². The molecule has 3 aromatic carbocycles. The van der Waals surface area contributed by atoms with E-state index in [1.807, 2.05) is 41.1 Å². The molecule has 6 heteroatoms. The molecule has 0 saturated heterocycles. The van der Waals surface area contributed by atoms with Crippen molar-refractivity contribution in [1.29, 1.82) is 5.26 Å². The number of halogens is 1. The van der Waals surface area contributed by atoms with Crippen LogP contribution < -0.4 is 5.32 Å². The van der Waals surface area contributed by atoms with Gasteiger partial charge in [-0.2, -0.15) is 10.4 Å². The standard InChI is InChI=1S/C27H26ClN5/c1-20(32-27(17-33-19-30-18-31-33)23-7-3-2-4-8-23)26(15-21-10-12-25(28)13-11-21)24-9-5-6-22(14-24)16-29/h2-14,18-20,26-27,32H,15,17H2,1H3/t20?,26?,27-/m1/s1. The molecule has 166 valence electrons. The minimum Gasteiger partial charge on any atom is -0.305 e. The fourth-order valence-electron chi connectivity index (χ4n) is 4.18. The topological polar surface area (TPSA) is 66.5 Å². The number of aromatic nitrogens is 3. The summed E-state index contributed by atoms with van der Waals surface area (Å²) in [5.74, 6) is 0.154. The zero-order chi connectivity index (χ0) is 23.0. The third-order valence-electron chi connectivity index (χ3n) is 5.92. The second-order valence-electron chi connectivity index (χ2n) is 8.21. The molecule has 0 bridgehead atoms. The summed E-state index contributed by atoms with van der Waals surface area (Å²) >= 11 is 6.11. The maximum Gasteiger partial charge on any atom is 0.137 e. The van der Waals surface area contributed by atoms with Crippen LogP contribution >= 0.6 is 11.6 Å². The van der Waals surface area contributed by atoms with Crippen LogP contribution in [0.15, 0.2) is 91.5 Å². The molecule has 0 aliphatic carbocycles. The van der Waals surface area contributed by atoms with Crippen LogP contribution in [0.5, 0.6) is 0 Å². The van der Waals surface area contributed by atoms with Gasteiger partial charge in [-0.15, -0.1) is 0 Å². The van der Waals surface area contributed by atoms with Gasteiger partial charge >= 0.3 is 0 Å². The van der Waals surface area contributed by atoms with Crippen LogP contribution in [0.1, 0.15) is 41.1 Å². The highest BCUT2D eigenvalue weighted by Crippen LogP contribution is 2.28. The molecule has 0 aliphatic rings. The third kappa shape index (κ3) is 6.07. The molecule has 1 N–H and O–H groups in total. The van der Waals surface area contributed by atoms with Crippen molar-refractivity contribution in [1.82, 2.24) is 20.1 Å². The summed E-state index contributed by atoms with van der Waals surface area (Å²) in [4.78, 5) is 4.10. The normalized spacial score (nSPS) is 13.7. The number of nitriles is 1. The molecule has 5 nitrogen and oxygen atoms in total. The first-order chi connectivity index (χ1) is 16.1. The number of benzene rings is 3. The van der Waals surface area contributed by atoms with Crippen LogP contribution in [0.4, 0.5) is 0 Å². The Balaban J connectivity index is 1.63. The molecule has 2 unspecified atom stereocenters. The van der Waals surface area contributed by atoms with Gasteiger partial charge in [0.25, 0.3) is 0 Å². The van der Waals surface area contributed by atoms with Crippen LogP contribution in [-0.4, -0.2) is 20.8 Å². The Morgan fingerprint density at radius 3 is 2.45 bits per heavy atom. The second-order valence-corrected chi connectivity index (χ2v) is 8.65. The molecule has 0 aliphatic heterocycles. The maximum atomic E-state index is 9.44. The molecule has 3 atom stereocenters. The molecule has 0 saturated carbocycles. The van der Waals surface area contributed by atoms with E-state index in [1.165, 1.54) is 11.1 Å². The van der Waals surface area contributed by atoms with E-state index in [-0.39, 0.29) is 18.0 Å². The summed E-state index contributed by atoms with van der Waals surface area (Å²) < 4.78 is 1.85. The SMILES string of the molecule is CC(N[C@H](Cn1cncn1)c1ccccc1)C(Cc1ccc(Cl)cc1)c1cccc(C#N)c1. The highest BCUT2D eigenvalue weighted by atomic mass is 35.5. The molecular weight excluding hydrogens is 430 g/mol. The van der Waals surface area contributed by atoms with Gasteiger partial charge in [-0.05, 0) is 54.3 Å². The van der Waals surface area contributed by atoms with Crippen molar-refractivity contribution in [2.75, 3.05) is 0 Å². The number of hydrogen-bond donors (Lipinski definition) is 1. The first-order valence-corrected chi connectivity index (χ1v) is 11.4. The molecular formula is C27H26ClN5. The van der Waals surface area contributed by atoms with Crippen molar-refractivity contribution in [3.8, 4) is 6.07 Å². The van der Waals surface area contributed by atoms with E-state index in [1.54, 1.807) is 12.7 Å². The van der Waals surface area contributed by atoms with Gasteiger partial charge in [0.15, 0.2) is 0 Å². The fourth-order valence-corrected chi connectivity index (χ4v) is 4.31. The highest BCUT2D eigenvalue weighted by Gasteiger charge is 2.24. The Hall–Kier alpha value is -3.46. The Bertz CT molecular complexity index is 1180. The van der Waals surface area contributed by atoms with Crippen molar-refractivity contribution in [3.63, 3.8) is 0 Å². The van der Waals surface area contributed by atoms with E-state index in [0.29, 0.717) is 12.1 Å². The van der Waals surface area contributed by atoms with E-state index < -0.39 is 0 Å². The van der Waals surface area contributed by atoms with Gasteiger partial charge in [-0.25, -0.2) is 4.98 Å². The monoisotopic (exact) mass is 455 g/mol. The van der Waals surface area contributed by atoms with Gasteiger partial charge in [0.2, 0.25) is 0 Å². The molecule has 1 aromatic heterocycles. The Kier molecular flexibility index (Phi) is 7.51. The number of rotatable bonds is 9. The van der Waals surface area contributed by atoms with Gasteiger partial charge < -0.3 is 5.32 Å². The summed E-state index contributed by atoms with van der Waals surface area (Å²) in [6, 6.07) is 28.7. The van der Waals surface area contributed by atoms with Crippen molar-refractivity contribution in [2.24, 2.45) is 0 Å². The number of hydrogen-bond acceptors (Lipinski definition) is 4. The second kappa shape index (κ2) is 10.9. The summed E-state index contributed by atoms with van der Waals surface area (Å²) in [5, 5.41) is 18.3. The number of nitrogens with zero attached hydrogens (tertiary/aromatic N) is 4. The van der Waals surface area contributed by atoms with E-state index in [0.717, 1.165) is 17.0 Å². The zero-order valence-electron chi connectivity index (χ0n) is 18.5. The van der Waals surface area contributed by atoms with Crippen molar-refractivity contribution in [3.05, 3.63) is 119 Å². The summed E-state index contributed by atoms with van der Waals surface area (Å²) in [5.41, 5.74) is 4.20. The molecule has 33 heavy (non-hydrogen) atoms. The highest BCUT2D eigenvalue weighted by molar-refractivity contribution is 6.30. The maximum absolute atomic E-state index is 9.44. The Morgan fingerprint density at radius 2 is 1.76 bits per heavy atom. The van der Waals surface area contributed by atoms with Gasteiger partial charge in [-0.3, -0.25) is 4.68 Å². The largest absolute Gasteiger partial charge is 0.305 e. The van der Waals surface area contributed by atoms with Crippen LogP contribution in [0.3, 0.4) is 0 Å². The molecule has 1 heterocycles. The van der Waals surface area contributed by atoms with E-state index >= 15 is 0 Å². The van der Waals surface area contributed by atoms with E-state index in [9.17, 15) is 5.26 Å². The fraction of sp³-hybridized carbons (Fsp3) is 0.222. The average molecular weight is 456 g/mol. The molecule has 0 spiro atoms. The van der Waals surface area contributed by atoms with Crippen molar-refractivity contribution in [2.45, 2.75) is 37.9 Å². The summed E-state index contributed by atoms with van der Waals surface area (Å²) in [7, 11) is 0. The zero-order valence-corrected chi connectivity index (χ0v) is 19.2. The van der Waals surface area contributed by atoms with Crippen LogP contribution in [0.25, 0.3) is 0 Å². The predicted molar refractivity (Wildman–Crippen MR) is 131 cm³/mol. The average Bonchev–Trinajstić information content (AvgIpc) is 3.37. The lowest BCUT2D eigenvalue weighted by atomic mass is 9.85. The van der Waals surface area contributed by atoms with Crippen LogP contribution in [0.2, 0.25) is 5.02 Å². The molecule has 0 amide bonds. The van der Waals surface area contributed by atoms with E-state index in [4.69, 9.17) is 11.6 Å². The molecule has 4 rings (SSSR count). The van der Waals surface area contributed by atoms with Crippen LogP contribution in [0, 0.1) is 11.3 Å². The molecule has 0 radical (unpaired) electrons. The molecule has 0 fully saturated rings. The van der Waals surface area contributed by atoms with Crippen LogP contribution in [-0.2, 0) is 13.0 Å². The lowest BCUT2D eigenvalue weighted by Gasteiger charge is -2.30. The van der Waals surface area contributed by atoms with Crippen molar-refractivity contribution >= 4 is 11.6 Å². The lowest BCUT2D eigenvalue weighted by Crippen LogP contribution is -2.38.